The van der Waals surface area contributed by atoms with Crippen molar-refractivity contribution in [2.45, 2.75) is 13.3 Å². The number of hydrogen-bond donors (Lipinski definition) is 1. The molecule has 1 aromatic heterocycles. The average molecular weight is 520 g/mol. The lowest BCUT2D eigenvalue weighted by Crippen LogP contribution is -2.11. The van der Waals surface area contributed by atoms with Crippen LogP contribution in [0.15, 0.2) is 22.6 Å². The first-order valence-corrected chi connectivity index (χ1v) is 8.61. The molecule has 0 spiro atoms. The number of fused-ring (bicyclic) bond motifs is 1. The van der Waals surface area contributed by atoms with Crippen molar-refractivity contribution in [3.63, 3.8) is 0 Å². The molecule has 0 saturated carbocycles. The third-order valence-corrected chi connectivity index (χ3v) is 5.11. The highest BCUT2D eigenvalue weighted by Gasteiger charge is 2.29. The van der Waals surface area contributed by atoms with Crippen LogP contribution >= 0.6 is 45.2 Å². The van der Waals surface area contributed by atoms with Crippen LogP contribution in [0.25, 0.3) is 6.08 Å². The fourth-order valence-electron chi connectivity index (χ4n) is 2.45. The quantitative estimate of drug-likeness (QED) is 0.473. The van der Waals surface area contributed by atoms with Crippen LogP contribution in [-0.2, 0) is 0 Å². The lowest BCUT2D eigenvalue weighted by atomic mass is 9.93. The minimum absolute atomic E-state index is 0.110. The number of allylic oxidation sites excluding steroid dienone is 1. The maximum atomic E-state index is 12.8. The molecule has 1 aromatic carbocycles. The third kappa shape index (κ3) is 2.51. The number of phenolic OH excluding ortho intramolecular Hbond substituents is 1. The Morgan fingerprint density at radius 3 is 2.55 bits per heavy atom. The third-order valence-electron chi connectivity index (χ3n) is 3.47. The molecule has 3 rings (SSSR count). The summed E-state index contributed by atoms with van der Waals surface area (Å²) in [5.41, 5.74) is 1.12. The number of carbonyl (C=O) groups excluding carboxylic acids is 2. The standard InChI is InChI=1S/C16H10I2O4/c1-7-13(14-11(19)3-2-4-12(14)22-7)15(20)8-5-9(17)16(21)10(18)6-8/h2,4-6,21H,3H2,1H3. The van der Waals surface area contributed by atoms with Crippen molar-refractivity contribution in [3.05, 3.63) is 53.6 Å². The minimum Gasteiger partial charge on any atom is -0.506 e. The molecule has 0 unspecified atom stereocenters. The average Bonchev–Trinajstić information content (AvgIpc) is 2.81. The summed E-state index contributed by atoms with van der Waals surface area (Å²) in [6, 6.07) is 3.23. The minimum atomic E-state index is -0.262. The molecular formula is C16H10I2O4. The maximum Gasteiger partial charge on any atom is 0.197 e. The van der Waals surface area contributed by atoms with E-state index in [1.807, 2.05) is 45.2 Å². The molecule has 0 atom stereocenters. The lowest BCUT2D eigenvalue weighted by Gasteiger charge is -2.08. The van der Waals surface area contributed by atoms with Gasteiger partial charge in [0.2, 0.25) is 0 Å². The number of benzene rings is 1. The molecule has 1 aliphatic rings. The number of aromatic hydroxyl groups is 1. The van der Waals surface area contributed by atoms with E-state index in [1.165, 1.54) is 0 Å². The van der Waals surface area contributed by atoms with Crippen LogP contribution < -0.4 is 0 Å². The summed E-state index contributed by atoms with van der Waals surface area (Å²) in [5, 5.41) is 9.82. The lowest BCUT2D eigenvalue weighted by molar-refractivity contribution is 0.0977. The molecule has 1 N–H and O–H groups in total. The first kappa shape index (κ1) is 15.7. The highest BCUT2D eigenvalue weighted by Crippen LogP contribution is 2.33. The van der Waals surface area contributed by atoms with E-state index >= 15 is 0 Å². The Morgan fingerprint density at radius 2 is 1.91 bits per heavy atom. The van der Waals surface area contributed by atoms with E-state index in [4.69, 9.17) is 4.42 Å². The van der Waals surface area contributed by atoms with Crippen LogP contribution in [-0.4, -0.2) is 16.7 Å². The van der Waals surface area contributed by atoms with Crippen LogP contribution in [0.5, 0.6) is 5.75 Å². The number of furan rings is 1. The first-order chi connectivity index (χ1) is 10.4. The fraction of sp³-hybridized carbons (Fsp3) is 0.125. The van der Waals surface area contributed by atoms with E-state index in [1.54, 1.807) is 31.2 Å². The number of rotatable bonds is 2. The largest absolute Gasteiger partial charge is 0.506 e. The van der Waals surface area contributed by atoms with Gasteiger partial charge in [-0.2, -0.15) is 0 Å². The van der Waals surface area contributed by atoms with Crippen molar-refractivity contribution in [1.82, 2.24) is 0 Å². The summed E-state index contributed by atoms with van der Waals surface area (Å²) in [4.78, 5) is 25.0. The van der Waals surface area contributed by atoms with E-state index in [2.05, 4.69) is 0 Å². The molecule has 2 aromatic rings. The molecule has 1 aliphatic carbocycles. The molecule has 0 amide bonds. The van der Waals surface area contributed by atoms with Gasteiger partial charge < -0.3 is 9.52 Å². The van der Waals surface area contributed by atoms with Gasteiger partial charge >= 0.3 is 0 Å². The molecule has 22 heavy (non-hydrogen) atoms. The number of hydrogen-bond acceptors (Lipinski definition) is 4. The molecule has 0 aliphatic heterocycles. The van der Waals surface area contributed by atoms with Crippen molar-refractivity contribution in [2.24, 2.45) is 0 Å². The molecule has 4 nitrogen and oxygen atoms in total. The maximum absolute atomic E-state index is 12.8. The van der Waals surface area contributed by atoms with E-state index < -0.39 is 0 Å². The Labute approximate surface area is 153 Å². The Bertz CT molecular complexity index is 823. The van der Waals surface area contributed by atoms with E-state index in [0.717, 1.165) is 0 Å². The van der Waals surface area contributed by atoms with Gasteiger partial charge in [-0.15, -0.1) is 0 Å². The summed E-state index contributed by atoms with van der Waals surface area (Å²) in [7, 11) is 0. The van der Waals surface area contributed by atoms with Gasteiger partial charge in [0.25, 0.3) is 0 Å². The van der Waals surface area contributed by atoms with Crippen molar-refractivity contribution < 1.29 is 19.1 Å². The number of ketones is 2. The smallest absolute Gasteiger partial charge is 0.197 e. The number of phenols is 1. The topological polar surface area (TPSA) is 67.5 Å². The monoisotopic (exact) mass is 520 g/mol. The van der Waals surface area contributed by atoms with Crippen LogP contribution in [0.3, 0.4) is 0 Å². The van der Waals surface area contributed by atoms with Gasteiger partial charge in [0, 0.05) is 12.0 Å². The second kappa shape index (κ2) is 5.80. The molecule has 6 heteroatoms. The normalized spacial score (nSPS) is 13.3. The Morgan fingerprint density at radius 1 is 1.27 bits per heavy atom. The van der Waals surface area contributed by atoms with Gasteiger partial charge in [0.15, 0.2) is 11.6 Å². The molecule has 1 heterocycles. The van der Waals surface area contributed by atoms with Crippen molar-refractivity contribution in [1.29, 1.82) is 0 Å². The van der Waals surface area contributed by atoms with E-state index in [0.29, 0.717) is 35.4 Å². The van der Waals surface area contributed by atoms with Crippen molar-refractivity contribution >= 4 is 62.8 Å². The first-order valence-electron chi connectivity index (χ1n) is 6.46. The van der Waals surface area contributed by atoms with E-state index in [-0.39, 0.29) is 23.7 Å². The van der Waals surface area contributed by atoms with Crippen molar-refractivity contribution in [3.8, 4) is 5.75 Å². The van der Waals surface area contributed by atoms with Crippen LogP contribution in [0.1, 0.15) is 44.2 Å². The van der Waals surface area contributed by atoms with Gasteiger partial charge in [-0.25, -0.2) is 0 Å². The number of Topliss-reactive ketones (excluding diaryl/α,β-unsaturated/α-hetero) is 1. The fourth-order valence-corrected chi connectivity index (χ4v) is 4.22. The summed E-state index contributed by atoms with van der Waals surface area (Å²) >= 11 is 3.95. The zero-order chi connectivity index (χ0) is 16.0. The number of carbonyl (C=O) groups is 2. The van der Waals surface area contributed by atoms with Gasteiger partial charge in [0.05, 0.1) is 18.3 Å². The highest BCUT2D eigenvalue weighted by atomic mass is 127. The zero-order valence-electron chi connectivity index (χ0n) is 11.4. The molecule has 0 radical (unpaired) electrons. The second-order valence-corrected chi connectivity index (χ2v) is 7.24. The SMILES string of the molecule is Cc1oc2c(c1C(=O)c1cc(I)c(O)c(I)c1)C(=O)CC=C2. The highest BCUT2D eigenvalue weighted by molar-refractivity contribution is 14.1. The summed E-state index contributed by atoms with van der Waals surface area (Å²) in [6.07, 6.45) is 3.73. The Balaban J connectivity index is 2.17. The second-order valence-electron chi connectivity index (χ2n) is 4.92. The number of halogens is 2. The predicted octanol–water partition coefficient (Wildman–Crippen LogP) is 4.33. The Hall–Kier alpha value is -1.16. The Kier molecular flexibility index (Phi) is 4.15. The summed E-state index contributed by atoms with van der Waals surface area (Å²) in [6.45, 7) is 1.68. The van der Waals surface area contributed by atoms with Crippen LogP contribution in [0.4, 0.5) is 0 Å². The zero-order valence-corrected chi connectivity index (χ0v) is 15.8. The molecule has 0 bridgehead atoms. The van der Waals surface area contributed by atoms with Gasteiger partial charge in [0.1, 0.15) is 17.3 Å². The van der Waals surface area contributed by atoms with Crippen molar-refractivity contribution in [2.75, 3.05) is 0 Å². The molecule has 0 saturated heterocycles. The number of aryl methyl sites for hydroxylation is 1. The molecule has 0 fully saturated rings. The molecular weight excluding hydrogens is 510 g/mol. The molecule has 112 valence electrons. The van der Waals surface area contributed by atoms with Gasteiger partial charge in [-0.1, -0.05) is 6.08 Å². The van der Waals surface area contributed by atoms with Gasteiger partial charge in [-0.3, -0.25) is 9.59 Å². The van der Waals surface area contributed by atoms with Gasteiger partial charge in [-0.05, 0) is 70.3 Å². The van der Waals surface area contributed by atoms with Crippen LogP contribution in [0, 0.1) is 14.1 Å². The van der Waals surface area contributed by atoms with Crippen LogP contribution in [0.2, 0.25) is 0 Å². The summed E-state index contributed by atoms with van der Waals surface area (Å²) in [5.74, 6) is 0.666. The van der Waals surface area contributed by atoms with E-state index in [9.17, 15) is 14.7 Å². The summed E-state index contributed by atoms with van der Waals surface area (Å²) < 4.78 is 6.74. The predicted molar refractivity (Wildman–Crippen MR) is 98.4 cm³/mol.